The molecule has 0 saturated carbocycles. The first kappa shape index (κ1) is 18.8. The molecule has 0 spiro atoms. The summed E-state index contributed by atoms with van der Waals surface area (Å²) in [6.07, 6.45) is -3.73. The molecule has 0 N–H and O–H groups in total. The summed E-state index contributed by atoms with van der Waals surface area (Å²) >= 11 is 7.24. The second-order valence-corrected chi connectivity index (χ2v) is 7.13. The van der Waals surface area contributed by atoms with Gasteiger partial charge in [0.25, 0.3) is 0 Å². The Kier molecular flexibility index (Phi) is 5.58. The van der Waals surface area contributed by atoms with Crippen LogP contribution in [-0.2, 0) is 25.4 Å². The lowest BCUT2D eigenvalue weighted by Crippen LogP contribution is -2.05. The molecule has 3 nitrogen and oxygen atoms in total. The summed E-state index contributed by atoms with van der Waals surface area (Å²) in [7, 11) is 1.85. The minimum atomic E-state index is -4.34. The van der Waals surface area contributed by atoms with Crippen LogP contribution in [0.4, 0.5) is 13.2 Å². The third-order valence-corrected chi connectivity index (χ3v) is 5.17. The lowest BCUT2D eigenvalue weighted by Gasteiger charge is -2.08. The number of rotatable bonds is 5. The van der Waals surface area contributed by atoms with Crippen LogP contribution in [0.1, 0.15) is 22.5 Å². The lowest BCUT2D eigenvalue weighted by molar-refractivity contribution is -0.137. The molecule has 0 bridgehead atoms. The standard InChI is InChI=1S/C18H15ClF3N3S/c1-25-16(10-12-5-7-15(19)8-6-12)23-24-17(25)26-11-13-3-2-4-14(9-13)18(20,21)22/h2-9H,10-11H2,1H3. The SMILES string of the molecule is Cn1c(Cc2ccc(Cl)cc2)nnc1SCc1cccc(C(F)(F)F)c1. The molecule has 0 amide bonds. The molecule has 1 aromatic heterocycles. The summed E-state index contributed by atoms with van der Waals surface area (Å²) in [6, 6.07) is 12.8. The maximum atomic E-state index is 12.8. The molecule has 136 valence electrons. The first-order chi connectivity index (χ1) is 12.3. The van der Waals surface area contributed by atoms with Gasteiger partial charge in [-0.15, -0.1) is 10.2 Å². The average Bonchev–Trinajstić information content (AvgIpc) is 2.95. The Balaban J connectivity index is 1.68. The van der Waals surface area contributed by atoms with Crippen molar-refractivity contribution in [3.63, 3.8) is 0 Å². The molecule has 26 heavy (non-hydrogen) atoms. The third kappa shape index (κ3) is 4.59. The Labute approximate surface area is 158 Å². The van der Waals surface area contributed by atoms with Gasteiger partial charge >= 0.3 is 6.18 Å². The van der Waals surface area contributed by atoms with Crippen LogP contribution in [0.2, 0.25) is 5.02 Å². The molecule has 0 atom stereocenters. The van der Waals surface area contributed by atoms with E-state index in [1.54, 1.807) is 6.07 Å². The van der Waals surface area contributed by atoms with Crippen molar-refractivity contribution in [3.8, 4) is 0 Å². The van der Waals surface area contributed by atoms with E-state index in [0.717, 1.165) is 23.5 Å². The van der Waals surface area contributed by atoms with Crippen molar-refractivity contribution in [1.82, 2.24) is 14.8 Å². The van der Waals surface area contributed by atoms with E-state index in [4.69, 9.17) is 11.6 Å². The van der Waals surface area contributed by atoms with E-state index in [1.807, 2.05) is 35.9 Å². The van der Waals surface area contributed by atoms with E-state index in [-0.39, 0.29) is 0 Å². The van der Waals surface area contributed by atoms with E-state index >= 15 is 0 Å². The molecule has 0 aliphatic heterocycles. The zero-order valence-corrected chi connectivity index (χ0v) is 15.4. The predicted octanol–water partition coefficient (Wildman–Crippen LogP) is 5.37. The Bertz CT molecular complexity index is 891. The van der Waals surface area contributed by atoms with Crippen molar-refractivity contribution in [2.24, 2.45) is 7.05 Å². The van der Waals surface area contributed by atoms with Crippen molar-refractivity contribution in [3.05, 3.63) is 76.1 Å². The highest BCUT2D eigenvalue weighted by Gasteiger charge is 2.30. The van der Waals surface area contributed by atoms with Crippen molar-refractivity contribution >= 4 is 23.4 Å². The highest BCUT2D eigenvalue weighted by molar-refractivity contribution is 7.98. The summed E-state index contributed by atoms with van der Waals surface area (Å²) in [4.78, 5) is 0. The molecule has 0 radical (unpaired) electrons. The highest BCUT2D eigenvalue weighted by atomic mass is 35.5. The Morgan fingerprint density at radius 2 is 1.77 bits per heavy atom. The van der Waals surface area contributed by atoms with Gasteiger partial charge in [0.05, 0.1) is 5.56 Å². The minimum absolute atomic E-state index is 0.386. The molecule has 8 heteroatoms. The summed E-state index contributed by atoms with van der Waals surface area (Å²) in [6.45, 7) is 0. The van der Waals surface area contributed by atoms with Crippen molar-refractivity contribution in [2.45, 2.75) is 23.5 Å². The first-order valence-corrected chi connectivity index (χ1v) is 9.11. The van der Waals surface area contributed by atoms with Gasteiger partial charge in [-0.1, -0.05) is 53.7 Å². The first-order valence-electron chi connectivity index (χ1n) is 7.74. The Hall–Kier alpha value is -1.99. The normalized spacial score (nSPS) is 11.7. The van der Waals surface area contributed by atoms with Gasteiger partial charge in [-0.2, -0.15) is 13.2 Å². The van der Waals surface area contributed by atoms with Crippen LogP contribution in [0.25, 0.3) is 0 Å². The second-order valence-electron chi connectivity index (χ2n) is 5.75. The van der Waals surface area contributed by atoms with Gasteiger partial charge in [0.2, 0.25) is 0 Å². The lowest BCUT2D eigenvalue weighted by atomic mass is 10.1. The fraction of sp³-hybridized carbons (Fsp3) is 0.222. The van der Waals surface area contributed by atoms with Crippen molar-refractivity contribution < 1.29 is 13.2 Å². The topological polar surface area (TPSA) is 30.7 Å². The van der Waals surface area contributed by atoms with Crippen LogP contribution < -0.4 is 0 Å². The average molecular weight is 398 g/mol. The van der Waals surface area contributed by atoms with E-state index in [2.05, 4.69) is 10.2 Å². The quantitative estimate of drug-likeness (QED) is 0.542. The Morgan fingerprint density at radius 1 is 1.04 bits per heavy atom. The molecular formula is C18H15ClF3N3S. The van der Waals surface area contributed by atoms with Crippen LogP contribution in [-0.4, -0.2) is 14.8 Å². The highest BCUT2D eigenvalue weighted by Crippen LogP contribution is 2.31. The number of benzene rings is 2. The van der Waals surface area contributed by atoms with Crippen LogP contribution in [0.15, 0.2) is 53.7 Å². The van der Waals surface area contributed by atoms with Gasteiger partial charge in [-0.05, 0) is 29.3 Å². The van der Waals surface area contributed by atoms with Crippen molar-refractivity contribution in [1.29, 1.82) is 0 Å². The predicted molar refractivity (Wildman–Crippen MR) is 96.3 cm³/mol. The van der Waals surface area contributed by atoms with Crippen LogP contribution in [0.3, 0.4) is 0 Å². The van der Waals surface area contributed by atoms with Gasteiger partial charge in [-0.25, -0.2) is 0 Å². The summed E-state index contributed by atoms with van der Waals surface area (Å²) in [5.74, 6) is 1.16. The van der Waals surface area contributed by atoms with E-state index < -0.39 is 11.7 Å². The number of aromatic nitrogens is 3. The summed E-state index contributed by atoms with van der Waals surface area (Å²) in [5, 5.41) is 9.65. The maximum absolute atomic E-state index is 12.8. The van der Waals surface area contributed by atoms with Crippen LogP contribution in [0, 0.1) is 0 Å². The molecule has 0 saturated heterocycles. The molecule has 3 rings (SSSR count). The van der Waals surface area contributed by atoms with Crippen molar-refractivity contribution in [2.75, 3.05) is 0 Å². The van der Waals surface area contributed by atoms with E-state index in [1.165, 1.54) is 17.8 Å². The van der Waals surface area contributed by atoms with Gasteiger partial charge in [0.15, 0.2) is 5.16 Å². The molecule has 0 unspecified atom stereocenters. The minimum Gasteiger partial charge on any atom is -0.309 e. The largest absolute Gasteiger partial charge is 0.416 e. The molecule has 1 heterocycles. The number of alkyl halides is 3. The zero-order chi connectivity index (χ0) is 18.7. The zero-order valence-electron chi connectivity index (χ0n) is 13.8. The second kappa shape index (κ2) is 7.72. The van der Waals surface area contributed by atoms with Crippen LogP contribution >= 0.6 is 23.4 Å². The van der Waals surface area contributed by atoms with Gasteiger partial charge in [-0.3, -0.25) is 0 Å². The van der Waals surface area contributed by atoms with Crippen LogP contribution in [0.5, 0.6) is 0 Å². The number of nitrogens with zero attached hydrogens (tertiary/aromatic N) is 3. The number of hydrogen-bond donors (Lipinski definition) is 0. The molecule has 0 aliphatic rings. The monoisotopic (exact) mass is 397 g/mol. The number of halogens is 4. The summed E-state index contributed by atoms with van der Waals surface area (Å²) in [5.41, 5.74) is 1.00. The Morgan fingerprint density at radius 3 is 2.46 bits per heavy atom. The van der Waals surface area contributed by atoms with Gasteiger partial charge in [0.1, 0.15) is 5.82 Å². The third-order valence-electron chi connectivity index (χ3n) is 3.82. The summed E-state index contributed by atoms with van der Waals surface area (Å²) < 4.78 is 40.2. The fourth-order valence-electron chi connectivity index (χ4n) is 2.39. The van der Waals surface area contributed by atoms with Gasteiger partial charge in [0, 0.05) is 24.2 Å². The fourth-order valence-corrected chi connectivity index (χ4v) is 3.39. The molecule has 3 aromatic rings. The van der Waals surface area contributed by atoms with E-state index in [9.17, 15) is 13.2 Å². The molecule has 0 fully saturated rings. The number of thioether (sulfide) groups is 1. The molecule has 0 aliphatic carbocycles. The smallest absolute Gasteiger partial charge is 0.309 e. The molecular weight excluding hydrogens is 383 g/mol. The molecule has 2 aromatic carbocycles. The van der Waals surface area contributed by atoms with E-state index in [0.29, 0.717) is 27.9 Å². The number of hydrogen-bond acceptors (Lipinski definition) is 3. The van der Waals surface area contributed by atoms with Gasteiger partial charge < -0.3 is 4.57 Å². The maximum Gasteiger partial charge on any atom is 0.416 e.